The van der Waals surface area contributed by atoms with Crippen LogP contribution >= 0.6 is 0 Å². The maximum absolute atomic E-state index is 12.9. The van der Waals surface area contributed by atoms with E-state index in [2.05, 4.69) is 16.3 Å². The molecule has 5 nitrogen and oxygen atoms in total. The third-order valence-electron chi connectivity index (χ3n) is 6.70. The zero-order valence-corrected chi connectivity index (χ0v) is 16.2. The van der Waals surface area contributed by atoms with Crippen molar-refractivity contribution in [2.45, 2.75) is 69.4 Å². The zero-order chi connectivity index (χ0) is 18.9. The van der Waals surface area contributed by atoms with Gasteiger partial charge in [0.25, 0.3) is 0 Å². The molecule has 27 heavy (non-hydrogen) atoms. The minimum absolute atomic E-state index is 0.0994. The molecule has 1 aromatic rings. The maximum Gasteiger partial charge on any atom is 0.222 e. The van der Waals surface area contributed by atoms with E-state index in [1.165, 1.54) is 19.3 Å². The summed E-state index contributed by atoms with van der Waals surface area (Å²) in [5.41, 5.74) is 0.828. The number of ether oxygens (including phenoxy) is 1. The van der Waals surface area contributed by atoms with E-state index in [-0.39, 0.29) is 17.4 Å². The van der Waals surface area contributed by atoms with Gasteiger partial charge in [-0.05, 0) is 62.1 Å². The summed E-state index contributed by atoms with van der Waals surface area (Å²) in [4.78, 5) is 27.0. The van der Waals surface area contributed by atoms with Gasteiger partial charge in [-0.1, -0.05) is 18.6 Å². The molecule has 0 spiro atoms. The molecule has 0 aromatic heterocycles. The number of carbonyl (C=O) groups is 2. The number of amides is 2. The van der Waals surface area contributed by atoms with Gasteiger partial charge in [-0.2, -0.15) is 0 Å². The van der Waals surface area contributed by atoms with Gasteiger partial charge in [0, 0.05) is 31.0 Å². The normalized spacial score (nSPS) is 29.7. The molecule has 0 unspecified atom stereocenters. The third-order valence-corrected chi connectivity index (χ3v) is 6.70. The molecule has 2 bridgehead atoms. The minimum atomic E-state index is -0.312. The molecule has 0 radical (unpaired) electrons. The van der Waals surface area contributed by atoms with Crippen molar-refractivity contribution in [2.75, 3.05) is 13.7 Å². The van der Waals surface area contributed by atoms with E-state index in [4.69, 9.17) is 4.74 Å². The monoisotopic (exact) mass is 370 g/mol. The topological polar surface area (TPSA) is 58.6 Å². The first-order chi connectivity index (χ1) is 13.1. The molecule has 3 aliphatic rings. The highest BCUT2D eigenvalue weighted by Gasteiger charge is 2.41. The standard InChI is InChI=1S/C22H30N2O3/c1-27-19-7-3-4-16(13-19)14-22(10-8-20(25)23-22)11-9-21(26)24-15-17-5-2-6-18(24)12-17/h3-4,7,13,17-18H,2,5-6,8-12,14-15H2,1H3,(H,23,25)/t17-,18-,22+/m1/s1. The van der Waals surface area contributed by atoms with Crippen molar-refractivity contribution in [3.8, 4) is 5.75 Å². The number of hydrogen-bond acceptors (Lipinski definition) is 3. The van der Waals surface area contributed by atoms with E-state index in [1.807, 2.05) is 18.2 Å². The Bertz CT molecular complexity index is 719. The quantitative estimate of drug-likeness (QED) is 0.837. The number of carbonyl (C=O) groups excluding carboxylic acids is 2. The summed E-state index contributed by atoms with van der Waals surface area (Å²) in [5, 5.41) is 3.20. The summed E-state index contributed by atoms with van der Waals surface area (Å²) in [6, 6.07) is 8.47. The first kappa shape index (κ1) is 18.3. The van der Waals surface area contributed by atoms with Crippen LogP contribution in [-0.2, 0) is 16.0 Å². The molecule has 3 atom stereocenters. The Morgan fingerprint density at radius 1 is 1.37 bits per heavy atom. The molecule has 2 heterocycles. The van der Waals surface area contributed by atoms with Crippen LogP contribution in [0.1, 0.15) is 56.9 Å². The van der Waals surface area contributed by atoms with Crippen LogP contribution in [0, 0.1) is 5.92 Å². The highest BCUT2D eigenvalue weighted by atomic mass is 16.5. The van der Waals surface area contributed by atoms with Crippen LogP contribution in [0.15, 0.2) is 24.3 Å². The van der Waals surface area contributed by atoms with E-state index in [0.717, 1.165) is 37.1 Å². The molecule has 3 fully saturated rings. The predicted octanol–water partition coefficient (Wildman–Crippen LogP) is 3.07. The van der Waals surface area contributed by atoms with Gasteiger partial charge in [0.05, 0.1) is 7.11 Å². The zero-order valence-electron chi connectivity index (χ0n) is 16.2. The van der Waals surface area contributed by atoms with Crippen LogP contribution in [0.4, 0.5) is 0 Å². The van der Waals surface area contributed by atoms with Gasteiger partial charge in [-0.25, -0.2) is 0 Å². The van der Waals surface area contributed by atoms with Crippen molar-refractivity contribution >= 4 is 11.8 Å². The van der Waals surface area contributed by atoms with Crippen LogP contribution < -0.4 is 10.1 Å². The van der Waals surface area contributed by atoms with E-state index < -0.39 is 0 Å². The lowest BCUT2D eigenvalue weighted by atomic mass is 9.84. The average Bonchev–Trinajstić information content (AvgIpc) is 3.19. The second-order valence-electron chi connectivity index (χ2n) is 8.59. The third kappa shape index (κ3) is 3.97. The lowest BCUT2D eigenvalue weighted by Crippen LogP contribution is -2.45. The lowest BCUT2D eigenvalue weighted by molar-refractivity contribution is -0.132. The molecule has 1 saturated carbocycles. The summed E-state index contributed by atoms with van der Waals surface area (Å²) in [6.45, 7) is 0.943. The molecule has 5 heteroatoms. The number of rotatable bonds is 6. The van der Waals surface area contributed by atoms with E-state index in [0.29, 0.717) is 31.2 Å². The van der Waals surface area contributed by atoms with Crippen LogP contribution in [0.2, 0.25) is 0 Å². The second kappa shape index (κ2) is 7.53. The smallest absolute Gasteiger partial charge is 0.222 e. The number of nitrogens with zero attached hydrogens (tertiary/aromatic N) is 1. The molecular weight excluding hydrogens is 340 g/mol. The number of fused-ring (bicyclic) bond motifs is 2. The van der Waals surface area contributed by atoms with Gasteiger partial charge in [-0.3, -0.25) is 9.59 Å². The average molecular weight is 370 g/mol. The highest BCUT2D eigenvalue weighted by molar-refractivity contribution is 5.80. The van der Waals surface area contributed by atoms with Gasteiger partial charge in [0.15, 0.2) is 0 Å². The van der Waals surface area contributed by atoms with E-state index >= 15 is 0 Å². The van der Waals surface area contributed by atoms with Crippen LogP contribution in [0.3, 0.4) is 0 Å². The Kier molecular flexibility index (Phi) is 5.11. The summed E-state index contributed by atoms with van der Waals surface area (Å²) in [5.74, 6) is 1.91. The van der Waals surface area contributed by atoms with E-state index in [1.54, 1.807) is 7.11 Å². The van der Waals surface area contributed by atoms with Crippen LogP contribution in [0.25, 0.3) is 0 Å². The van der Waals surface area contributed by atoms with Gasteiger partial charge in [0.2, 0.25) is 11.8 Å². The van der Waals surface area contributed by atoms with Crippen molar-refractivity contribution in [2.24, 2.45) is 5.92 Å². The number of methoxy groups -OCH3 is 1. The molecule has 2 amide bonds. The van der Waals surface area contributed by atoms with Gasteiger partial charge < -0.3 is 15.0 Å². The number of likely N-dealkylation sites (tertiary alicyclic amines) is 1. The largest absolute Gasteiger partial charge is 0.497 e. The van der Waals surface area contributed by atoms with Crippen molar-refractivity contribution in [3.63, 3.8) is 0 Å². The number of hydrogen-bond donors (Lipinski definition) is 1. The summed E-state index contributed by atoms with van der Waals surface area (Å²) >= 11 is 0. The molecule has 1 aliphatic carbocycles. The second-order valence-corrected chi connectivity index (χ2v) is 8.59. The molecule has 1 N–H and O–H groups in total. The van der Waals surface area contributed by atoms with Crippen molar-refractivity contribution in [1.82, 2.24) is 10.2 Å². The fourth-order valence-electron chi connectivity index (χ4n) is 5.29. The lowest BCUT2D eigenvalue weighted by Gasteiger charge is -2.31. The summed E-state index contributed by atoms with van der Waals surface area (Å²) in [6.07, 6.45) is 8.21. The minimum Gasteiger partial charge on any atom is -0.497 e. The Balaban J connectivity index is 1.43. The molecular formula is C22H30N2O3. The first-order valence-corrected chi connectivity index (χ1v) is 10.3. The Morgan fingerprint density at radius 3 is 3.00 bits per heavy atom. The molecule has 146 valence electrons. The SMILES string of the molecule is COc1cccc(C[C@@]2(CCC(=O)N3C[C@@H]4CCC[C@@H]3C4)CCC(=O)N2)c1. The van der Waals surface area contributed by atoms with Gasteiger partial charge >= 0.3 is 0 Å². The summed E-state index contributed by atoms with van der Waals surface area (Å²) in [7, 11) is 1.66. The van der Waals surface area contributed by atoms with Gasteiger partial charge in [0.1, 0.15) is 5.75 Å². The first-order valence-electron chi connectivity index (χ1n) is 10.3. The van der Waals surface area contributed by atoms with E-state index in [9.17, 15) is 9.59 Å². The number of benzene rings is 1. The molecule has 4 rings (SSSR count). The highest BCUT2D eigenvalue weighted by Crippen LogP contribution is 2.37. The van der Waals surface area contributed by atoms with Crippen molar-refractivity contribution in [3.05, 3.63) is 29.8 Å². The van der Waals surface area contributed by atoms with Crippen molar-refractivity contribution in [1.29, 1.82) is 0 Å². The predicted molar refractivity (Wildman–Crippen MR) is 103 cm³/mol. The van der Waals surface area contributed by atoms with Crippen LogP contribution in [-0.4, -0.2) is 41.9 Å². The molecule has 2 saturated heterocycles. The van der Waals surface area contributed by atoms with Crippen LogP contribution in [0.5, 0.6) is 5.75 Å². The summed E-state index contributed by atoms with van der Waals surface area (Å²) < 4.78 is 5.33. The maximum atomic E-state index is 12.9. The van der Waals surface area contributed by atoms with Gasteiger partial charge in [-0.15, -0.1) is 0 Å². The Labute approximate surface area is 161 Å². The Hall–Kier alpha value is -2.04. The fraction of sp³-hybridized carbons (Fsp3) is 0.636. The molecule has 2 aliphatic heterocycles. The fourth-order valence-corrected chi connectivity index (χ4v) is 5.29. The molecule has 1 aromatic carbocycles. The number of nitrogens with one attached hydrogen (secondary N) is 1. The Morgan fingerprint density at radius 2 is 2.26 bits per heavy atom. The van der Waals surface area contributed by atoms with Crippen molar-refractivity contribution < 1.29 is 14.3 Å².